The fourth-order valence-corrected chi connectivity index (χ4v) is 3.10. The van der Waals surface area contributed by atoms with Crippen LogP contribution in [0.1, 0.15) is 36.1 Å². The van der Waals surface area contributed by atoms with Crippen LogP contribution in [0, 0.1) is 13.8 Å². The lowest BCUT2D eigenvalue weighted by Crippen LogP contribution is -2.14. The molecule has 0 heteroatoms. The molecule has 2 aromatic rings. The molecule has 3 rings (SSSR count). The molecule has 0 unspecified atom stereocenters. The number of fused-ring (bicyclic) bond motifs is 3. The monoisotopic (exact) mass is 222 g/mol. The van der Waals surface area contributed by atoms with Crippen molar-refractivity contribution < 1.29 is 0 Å². The summed E-state index contributed by atoms with van der Waals surface area (Å²) in [6.45, 7) is 9.04. The van der Waals surface area contributed by atoms with E-state index in [1.165, 1.54) is 33.4 Å². The van der Waals surface area contributed by atoms with Crippen LogP contribution < -0.4 is 0 Å². The van der Waals surface area contributed by atoms with Gasteiger partial charge in [-0.25, -0.2) is 0 Å². The first kappa shape index (κ1) is 10.6. The predicted molar refractivity (Wildman–Crippen MR) is 73.5 cm³/mol. The van der Waals surface area contributed by atoms with Crippen molar-refractivity contribution in [1.82, 2.24) is 0 Å². The van der Waals surface area contributed by atoms with E-state index in [2.05, 4.69) is 64.1 Å². The molecule has 0 fully saturated rings. The van der Waals surface area contributed by atoms with E-state index >= 15 is 0 Å². The van der Waals surface area contributed by atoms with E-state index in [4.69, 9.17) is 0 Å². The minimum atomic E-state index is 0.143. The normalized spacial score (nSPS) is 15.5. The van der Waals surface area contributed by atoms with Gasteiger partial charge in [-0.1, -0.05) is 55.8 Å². The van der Waals surface area contributed by atoms with Crippen molar-refractivity contribution in [3.05, 3.63) is 58.7 Å². The van der Waals surface area contributed by atoms with Gasteiger partial charge in [0.25, 0.3) is 0 Å². The molecule has 0 amide bonds. The number of hydrogen-bond acceptors (Lipinski definition) is 0. The van der Waals surface area contributed by atoms with Crippen molar-refractivity contribution in [3.8, 4) is 11.1 Å². The molecule has 17 heavy (non-hydrogen) atoms. The summed E-state index contributed by atoms with van der Waals surface area (Å²) in [6.07, 6.45) is 0. The lowest BCUT2D eigenvalue weighted by Gasteiger charge is -2.21. The van der Waals surface area contributed by atoms with E-state index in [0.29, 0.717) is 0 Å². The molecule has 0 atom stereocenters. The zero-order valence-corrected chi connectivity index (χ0v) is 11.0. The lowest BCUT2D eigenvalue weighted by molar-refractivity contribution is 0.660. The topological polar surface area (TPSA) is 0 Å². The zero-order chi connectivity index (χ0) is 12.2. The summed E-state index contributed by atoms with van der Waals surface area (Å²) < 4.78 is 0. The molecule has 86 valence electrons. The number of rotatable bonds is 0. The summed E-state index contributed by atoms with van der Waals surface area (Å²) in [7, 11) is 0. The molecule has 0 radical (unpaired) electrons. The van der Waals surface area contributed by atoms with Gasteiger partial charge in [0.1, 0.15) is 0 Å². The molecule has 0 nitrogen and oxygen atoms in total. The van der Waals surface area contributed by atoms with E-state index in [9.17, 15) is 0 Å². The van der Waals surface area contributed by atoms with Crippen LogP contribution in [0.15, 0.2) is 36.4 Å². The summed E-state index contributed by atoms with van der Waals surface area (Å²) in [6, 6.07) is 13.5. The second kappa shape index (κ2) is 3.22. The quantitative estimate of drug-likeness (QED) is 0.610. The highest BCUT2D eigenvalue weighted by Crippen LogP contribution is 2.49. The minimum absolute atomic E-state index is 0.143. The Kier molecular flexibility index (Phi) is 2.01. The fourth-order valence-electron chi connectivity index (χ4n) is 3.10. The summed E-state index contributed by atoms with van der Waals surface area (Å²) in [5, 5.41) is 0. The first-order valence-electron chi connectivity index (χ1n) is 6.23. The van der Waals surface area contributed by atoms with Crippen LogP contribution in [0.4, 0.5) is 0 Å². The van der Waals surface area contributed by atoms with Crippen molar-refractivity contribution >= 4 is 0 Å². The molecule has 0 bridgehead atoms. The maximum Gasteiger partial charge on any atom is 0.0158 e. The Morgan fingerprint density at radius 1 is 0.882 bits per heavy atom. The van der Waals surface area contributed by atoms with Gasteiger partial charge < -0.3 is 0 Å². The first-order chi connectivity index (χ1) is 8.01. The number of aryl methyl sites for hydroxylation is 2. The Hall–Kier alpha value is -1.56. The van der Waals surface area contributed by atoms with Gasteiger partial charge in [-0.15, -0.1) is 0 Å². The molecule has 0 saturated heterocycles. The predicted octanol–water partition coefficient (Wildman–Crippen LogP) is 4.61. The summed E-state index contributed by atoms with van der Waals surface area (Å²) in [5.41, 5.74) is 8.70. The molecule has 0 aromatic heterocycles. The van der Waals surface area contributed by atoms with Crippen molar-refractivity contribution in [1.29, 1.82) is 0 Å². The highest BCUT2D eigenvalue weighted by molar-refractivity contribution is 5.83. The van der Waals surface area contributed by atoms with E-state index < -0.39 is 0 Å². The van der Waals surface area contributed by atoms with Crippen LogP contribution in [0.3, 0.4) is 0 Å². The smallest absolute Gasteiger partial charge is 0.0158 e. The molecule has 1 aliphatic rings. The van der Waals surface area contributed by atoms with Crippen LogP contribution in [-0.4, -0.2) is 0 Å². The van der Waals surface area contributed by atoms with Gasteiger partial charge in [0.05, 0.1) is 0 Å². The van der Waals surface area contributed by atoms with Crippen LogP contribution in [0.25, 0.3) is 11.1 Å². The van der Waals surface area contributed by atoms with Gasteiger partial charge in [0.2, 0.25) is 0 Å². The Labute approximate surface area is 103 Å². The molecule has 2 aromatic carbocycles. The van der Waals surface area contributed by atoms with Crippen LogP contribution >= 0.6 is 0 Å². The van der Waals surface area contributed by atoms with Crippen LogP contribution in [-0.2, 0) is 5.41 Å². The maximum atomic E-state index is 2.33. The molecular weight excluding hydrogens is 204 g/mol. The molecular formula is C17H18. The van der Waals surface area contributed by atoms with Crippen LogP contribution in [0.2, 0.25) is 0 Å². The van der Waals surface area contributed by atoms with E-state index in [1.807, 2.05) is 0 Å². The molecule has 0 aliphatic heterocycles. The second-order valence-electron chi connectivity index (χ2n) is 5.67. The highest BCUT2D eigenvalue weighted by atomic mass is 14.4. The summed E-state index contributed by atoms with van der Waals surface area (Å²) in [4.78, 5) is 0. The summed E-state index contributed by atoms with van der Waals surface area (Å²) in [5.74, 6) is 0. The largest absolute Gasteiger partial charge is 0.0617 e. The first-order valence-corrected chi connectivity index (χ1v) is 6.23. The number of benzene rings is 2. The minimum Gasteiger partial charge on any atom is -0.0617 e. The standard InChI is InChI=1S/C17H18/c1-11-8-9-14-13(10-11)16-12(2)6-5-7-15(16)17(14,3)4/h5-10H,1-4H3. The Balaban J connectivity index is 2.44. The molecule has 0 heterocycles. The van der Waals surface area contributed by atoms with Crippen molar-refractivity contribution in [2.24, 2.45) is 0 Å². The highest BCUT2D eigenvalue weighted by Gasteiger charge is 2.35. The van der Waals surface area contributed by atoms with Gasteiger partial charge in [0.15, 0.2) is 0 Å². The van der Waals surface area contributed by atoms with Crippen molar-refractivity contribution in [3.63, 3.8) is 0 Å². The van der Waals surface area contributed by atoms with Gasteiger partial charge in [-0.05, 0) is 41.7 Å². The van der Waals surface area contributed by atoms with E-state index in [0.717, 1.165) is 0 Å². The average molecular weight is 222 g/mol. The van der Waals surface area contributed by atoms with Gasteiger partial charge in [-0.3, -0.25) is 0 Å². The summed E-state index contributed by atoms with van der Waals surface area (Å²) >= 11 is 0. The third-order valence-electron chi connectivity index (χ3n) is 4.06. The van der Waals surface area contributed by atoms with E-state index in [-0.39, 0.29) is 5.41 Å². The van der Waals surface area contributed by atoms with Gasteiger partial charge in [0, 0.05) is 5.41 Å². The van der Waals surface area contributed by atoms with Gasteiger partial charge in [-0.2, -0.15) is 0 Å². The van der Waals surface area contributed by atoms with Crippen LogP contribution in [0.5, 0.6) is 0 Å². The number of hydrogen-bond donors (Lipinski definition) is 0. The fraction of sp³-hybridized carbons (Fsp3) is 0.294. The average Bonchev–Trinajstić information content (AvgIpc) is 2.49. The second-order valence-corrected chi connectivity index (χ2v) is 5.67. The molecule has 0 spiro atoms. The third-order valence-corrected chi connectivity index (χ3v) is 4.06. The zero-order valence-electron chi connectivity index (χ0n) is 11.0. The van der Waals surface area contributed by atoms with E-state index in [1.54, 1.807) is 0 Å². The lowest BCUT2D eigenvalue weighted by atomic mass is 9.82. The Morgan fingerprint density at radius 2 is 1.65 bits per heavy atom. The van der Waals surface area contributed by atoms with Crippen molar-refractivity contribution in [2.75, 3.05) is 0 Å². The third kappa shape index (κ3) is 1.30. The maximum absolute atomic E-state index is 2.33. The molecule has 0 saturated carbocycles. The Morgan fingerprint density at radius 3 is 2.41 bits per heavy atom. The Bertz CT molecular complexity index is 603. The molecule has 0 N–H and O–H groups in total. The molecule has 1 aliphatic carbocycles. The van der Waals surface area contributed by atoms with Gasteiger partial charge >= 0.3 is 0 Å². The SMILES string of the molecule is Cc1ccc2c(c1)-c1c(C)cccc1C2(C)C. The van der Waals surface area contributed by atoms with Crippen molar-refractivity contribution in [2.45, 2.75) is 33.1 Å².